The fourth-order valence-corrected chi connectivity index (χ4v) is 4.26. The summed E-state index contributed by atoms with van der Waals surface area (Å²) in [6.07, 6.45) is 1.75. The minimum Gasteiger partial charge on any atom is -0.497 e. The van der Waals surface area contributed by atoms with Gasteiger partial charge in [-0.05, 0) is 30.3 Å². The van der Waals surface area contributed by atoms with Crippen LogP contribution < -0.4 is 24.6 Å². The van der Waals surface area contributed by atoms with E-state index in [0.29, 0.717) is 22.3 Å². The third-order valence-corrected chi connectivity index (χ3v) is 6.22. The molecule has 0 bridgehead atoms. The van der Waals surface area contributed by atoms with E-state index in [4.69, 9.17) is 9.47 Å². The van der Waals surface area contributed by atoms with Crippen molar-refractivity contribution in [2.24, 2.45) is 0 Å². The van der Waals surface area contributed by atoms with Gasteiger partial charge in [0, 0.05) is 44.1 Å². The largest absolute Gasteiger partial charge is 0.497 e. The van der Waals surface area contributed by atoms with Crippen LogP contribution in [0.1, 0.15) is 0 Å². The molecule has 0 unspecified atom stereocenters. The van der Waals surface area contributed by atoms with Crippen LogP contribution in [0.25, 0.3) is 0 Å². The molecule has 9 heteroatoms. The Morgan fingerprint density at radius 3 is 2.48 bits per heavy atom. The Bertz CT molecular complexity index is 1070. The summed E-state index contributed by atoms with van der Waals surface area (Å²) < 4.78 is 10.5. The number of aromatic nitrogens is 2. The van der Waals surface area contributed by atoms with Crippen LogP contribution in [0.4, 0.5) is 17.2 Å². The molecule has 0 radical (unpaired) electrons. The van der Waals surface area contributed by atoms with Crippen molar-refractivity contribution in [1.29, 1.82) is 0 Å². The van der Waals surface area contributed by atoms with Crippen molar-refractivity contribution in [2.45, 2.75) is 5.16 Å². The van der Waals surface area contributed by atoms with Gasteiger partial charge in [-0.1, -0.05) is 30.0 Å². The molecule has 0 aliphatic carbocycles. The Labute approximate surface area is 197 Å². The summed E-state index contributed by atoms with van der Waals surface area (Å²) >= 11 is 1.30. The number of carbonyl (C=O) groups is 1. The van der Waals surface area contributed by atoms with Crippen LogP contribution in [0.3, 0.4) is 0 Å². The third kappa shape index (κ3) is 5.87. The molecule has 1 amide bonds. The summed E-state index contributed by atoms with van der Waals surface area (Å²) in [4.78, 5) is 26.1. The molecule has 1 saturated heterocycles. The number of rotatable bonds is 8. The van der Waals surface area contributed by atoms with E-state index < -0.39 is 0 Å². The predicted octanol–water partition coefficient (Wildman–Crippen LogP) is 3.55. The van der Waals surface area contributed by atoms with Crippen LogP contribution in [-0.2, 0) is 4.79 Å². The second kappa shape index (κ2) is 10.9. The van der Waals surface area contributed by atoms with E-state index in [0.717, 1.165) is 32.0 Å². The highest BCUT2D eigenvalue weighted by molar-refractivity contribution is 7.99. The van der Waals surface area contributed by atoms with Gasteiger partial charge >= 0.3 is 0 Å². The zero-order valence-electron chi connectivity index (χ0n) is 18.7. The SMILES string of the molecule is COc1ccc(OC)c(NC(=O)CSc2nccc(N3CCN(c4ccccc4)CC3)n2)c1. The minimum atomic E-state index is -0.169. The van der Waals surface area contributed by atoms with Crippen molar-refractivity contribution in [2.75, 3.05) is 61.3 Å². The van der Waals surface area contributed by atoms with E-state index in [-0.39, 0.29) is 11.7 Å². The molecule has 1 aliphatic heterocycles. The molecule has 4 rings (SSSR count). The summed E-state index contributed by atoms with van der Waals surface area (Å²) in [5.41, 5.74) is 1.81. The number of hydrogen-bond acceptors (Lipinski definition) is 8. The van der Waals surface area contributed by atoms with E-state index in [2.05, 4.69) is 49.4 Å². The van der Waals surface area contributed by atoms with E-state index in [1.54, 1.807) is 38.6 Å². The highest BCUT2D eigenvalue weighted by atomic mass is 32.2. The first-order valence-corrected chi connectivity index (χ1v) is 11.7. The molecule has 3 aromatic rings. The second-order valence-electron chi connectivity index (χ2n) is 7.41. The van der Waals surface area contributed by atoms with Crippen LogP contribution in [0, 0.1) is 0 Å². The van der Waals surface area contributed by atoms with Crippen LogP contribution in [0.15, 0.2) is 66.0 Å². The molecule has 0 spiro atoms. The van der Waals surface area contributed by atoms with E-state index in [1.807, 2.05) is 12.1 Å². The first kappa shape index (κ1) is 22.7. The van der Waals surface area contributed by atoms with Gasteiger partial charge in [-0.2, -0.15) is 0 Å². The number of nitrogens with one attached hydrogen (secondary N) is 1. The van der Waals surface area contributed by atoms with Crippen LogP contribution >= 0.6 is 11.8 Å². The van der Waals surface area contributed by atoms with Gasteiger partial charge in [-0.25, -0.2) is 9.97 Å². The quantitative estimate of drug-likeness (QED) is 0.400. The fourth-order valence-electron chi connectivity index (χ4n) is 3.64. The number of amides is 1. The Kier molecular flexibility index (Phi) is 7.51. The summed E-state index contributed by atoms with van der Waals surface area (Å²) in [5, 5.41) is 3.44. The molecule has 0 atom stereocenters. The average Bonchev–Trinajstić information content (AvgIpc) is 2.88. The lowest BCUT2D eigenvalue weighted by Gasteiger charge is -2.36. The van der Waals surface area contributed by atoms with Crippen LogP contribution in [0.2, 0.25) is 0 Å². The van der Waals surface area contributed by atoms with Crippen LogP contribution in [0.5, 0.6) is 11.5 Å². The average molecular weight is 466 g/mol. The Morgan fingerprint density at radius 1 is 1.00 bits per heavy atom. The monoisotopic (exact) mass is 465 g/mol. The Balaban J connectivity index is 1.32. The lowest BCUT2D eigenvalue weighted by molar-refractivity contribution is -0.113. The summed E-state index contributed by atoms with van der Waals surface area (Å²) in [5.74, 6) is 2.11. The fraction of sp³-hybridized carbons (Fsp3) is 0.292. The number of ether oxygens (including phenoxy) is 2. The number of para-hydroxylation sites is 1. The molecule has 0 saturated carbocycles. The molecule has 33 heavy (non-hydrogen) atoms. The second-order valence-corrected chi connectivity index (χ2v) is 8.35. The predicted molar refractivity (Wildman–Crippen MR) is 132 cm³/mol. The number of methoxy groups -OCH3 is 2. The number of anilines is 3. The molecular weight excluding hydrogens is 438 g/mol. The van der Waals surface area contributed by atoms with Crippen molar-refractivity contribution in [3.05, 3.63) is 60.8 Å². The normalized spacial score (nSPS) is 13.5. The lowest BCUT2D eigenvalue weighted by atomic mass is 10.2. The lowest BCUT2D eigenvalue weighted by Crippen LogP contribution is -2.46. The third-order valence-electron chi connectivity index (χ3n) is 5.36. The number of thioether (sulfide) groups is 1. The maximum Gasteiger partial charge on any atom is 0.234 e. The van der Waals surface area contributed by atoms with Crippen LogP contribution in [-0.4, -0.2) is 62.0 Å². The van der Waals surface area contributed by atoms with Gasteiger partial charge in [0.25, 0.3) is 0 Å². The maximum atomic E-state index is 12.5. The number of benzene rings is 2. The molecule has 1 aromatic heterocycles. The molecule has 1 aliphatic rings. The van der Waals surface area contributed by atoms with Crippen molar-refractivity contribution < 1.29 is 14.3 Å². The van der Waals surface area contributed by atoms with Crippen molar-refractivity contribution in [3.8, 4) is 11.5 Å². The van der Waals surface area contributed by atoms with Gasteiger partial charge in [-0.15, -0.1) is 0 Å². The summed E-state index contributed by atoms with van der Waals surface area (Å²) in [6.45, 7) is 3.63. The standard InChI is InChI=1S/C24H27N5O3S/c1-31-19-8-9-21(32-2)20(16-19)26-23(30)17-33-24-25-11-10-22(27-24)29-14-12-28(13-15-29)18-6-4-3-5-7-18/h3-11,16H,12-15,17H2,1-2H3,(H,26,30). The molecule has 8 nitrogen and oxygen atoms in total. The Hall–Kier alpha value is -3.46. The summed E-state index contributed by atoms with van der Waals surface area (Å²) in [7, 11) is 3.14. The first-order valence-electron chi connectivity index (χ1n) is 10.7. The molecule has 1 N–H and O–H groups in total. The minimum absolute atomic E-state index is 0.169. The van der Waals surface area contributed by atoms with Gasteiger partial charge < -0.3 is 24.6 Å². The van der Waals surface area contributed by atoms with E-state index in [1.165, 1.54) is 17.4 Å². The van der Waals surface area contributed by atoms with E-state index >= 15 is 0 Å². The number of hydrogen-bond donors (Lipinski definition) is 1. The van der Waals surface area contributed by atoms with Gasteiger partial charge in [0.1, 0.15) is 17.3 Å². The molecule has 1 fully saturated rings. The van der Waals surface area contributed by atoms with Crippen molar-refractivity contribution in [3.63, 3.8) is 0 Å². The topological polar surface area (TPSA) is 79.8 Å². The maximum absolute atomic E-state index is 12.5. The van der Waals surface area contributed by atoms with Crippen molar-refractivity contribution in [1.82, 2.24) is 9.97 Å². The zero-order chi connectivity index (χ0) is 23.0. The Morgan fingerprint density at radius 2 is 1.76 bits per heavy atom. The van der Waals surface area contributed by atoms with Gasteiger partial charge in [0.2, 0.25) is 5.91 Å². The van der Waals surface area contributed by atoms with Gasteiger partial charge in [-0.3, -0.25) is 4.79 Å². The zero-order valence-corrected chi connectivity index (χ0v) is 19.5. The highest BCUT2D eigenvalue weighted by Crippen LogP contribution is 2.29. The number of nitrogens with zero attached hydrogens (tertiary/aromatic N) is 4. The molecule has 172 valence electrons. The molecular formula is C24H27N5O3S. The molecule has 2 aromatic carbocycles. The smallest absolute Gasteiger partial charge is 0.234 e. The van der Waals surface area contributed by atoms with Gasteiger partial charge in [0.05, 0.1) is 25.7 Å². The molecule has 2 heterocycles. The number of piperazine rings is 1. The number of carbonyl (C=O) groups excluding carboxylic acids is 1. The van der Waals surface area contributed by atoms with Crippen molar-refractivity contribution >= 4 is 34.9 Å². The van der Waals surface area contributed by atoms with Gasteiger partial charge in [0.15, 0.2) is 5.16 Å². The summed E-state index contributed by atoms with van der Waals surface area (Å²) in [6, 6.07) is 17.6. The highest BCUT2D eigenvalue weighted by Gasteiger charge is 2.19. The first-order chi connectivity index (χ1) is 16.2. The van der Waals surface area contributed by atoms with E-state index in [9.17, 15) is 4.79 Å².